The Morgan fingerprint density at radius 1 is 1.33 bits per heavy atom. The van der Waals surface area contributed by atoms with Crippen LogP contribution in [0.3, 0.4) is 0 Å². The molecule has 0 saturated heterocycles. The van der Waals surface area contributed by atoms with Gasteiger partial charge in [-0.15, -0.1) is 0 Å². The molecular weight excluding hydrogens is 249 g/mol. The molecule has 3 unspecified atom stereocenters. The van der Waals surface area contributed by atoms with Crippen LogP contribution in [-0.2, 0) is 6.54 Å². The van der Waals surface area contributed by atoms with Crippen LogP contribution in [0.4, 0.5) is 4.39 Å². The Labute approximate surface area is 114 Å². The van der Waals surface area contributed by atoms with E-state index in [2.05, 4.69) is 19.2 Å². The van der Waals surface area contributed by atoms with Crippen LogP contribution in [0.1, 0.15) is 38.7 Å². The monoisotopic (exact) mass is 269 g/mol. The number of halogens is 2. The van der Waals surface area contributed by atoms with Crippen molar-refractivity contribution in [3.63, 3.8) is 0 Å². The summed E-state index contributed by atoms with van der Waals surface area (Å²) in [5.74, 6) is 1.14. The summed E-state index contributed by atoms with van der Waals surface area (Å²) in [5.41, 5.74) is 1.05. The molecule has 2 rings (SSSR count). The predicted molar refractivity (Wildman–Crippen MR) is 74.2 cm³/mol. The van der Waals surface area contributed by atoms with Gasteiger partial charge in [-0.25, -0.2) is 4.39 Å². The summed E-state index contributed by atoms with van der Waals surface area (Å²) in [6, 6.07) is 5.51. The summed E-state index contributed by atoms with van der Waals surface area (Å²) in [7, 11) is 0. The minimum atomic E-state index is -0.347. The van der Waals surface area contributed by atoms with Crippen molar-refractivity contribution in [1.29, 1.82) is 0 Å². The van der Waals surface area contributed by atoms with Crippen LogP contribution in [-0.4, -0.2) is 6.04 Å². The SMILES string of the molecule is CC1CCCC(NCc2ccc(F)c(Cl)c2)C1C. The molecule has 1 aromatic rings. The van der Waals surface area contributed by atoms with Gasteiger partial charge in [0.2, 0.25) is 0 Å². The minimum absolute atomic E-state index is 0.208. The minimum Gasteiger partial charge on any atom is -0.310 e. The number of hydrogen-bond acceptors (Lipinski definition) is 1. The van der Waals surface area contributed by atoms with E-state index in [4.69, 9.17) is 11.6 Å². The molecule has 1 aromatic carbocycles. The maximum atomic E-state index is 13.1. The molecule has 0 aromatic heterocycles. The third-order valence-corrected chi connectivity index (χ3v) is 4.55. The van der Waals surface area contributed by atoms with E-state index in [1.54, 1.807) is 12.1 Å². The molecule has 18 heavy (non-hydrogen) atoms. The average molecular weight is 270 g/mol. The second-order valence-electron chi connectivity index (χ2n) is 5.50. The Hall–Kier alpha value is -0.600. The van der Waals surface area contributed by atoms with Crippen molar-refractivity contribution < 1.29 is 4.39 Å². The number of rotatable bonds is 3. The van der Waals surface area contributed by atoms with Gasteiger partial charge in [-0.2, -0.15) is 0 Å². The summed E-state index contributed by atoms with van der Waals surface area (Å²) < 4.78 is 13.1. The molecule has 3 atom stereocenters. The van der Waals surface area contributed by atoms with Crippen molar-refractivity contribution in [3.05, 3.63) is 34.6 Å². The highest BCUT2D eigenvalue weighted by molar-refractivity contribution is 6.30. The van der Waals surface area contributed by atoms with Gasteiger partial charge in [0.15, 0.2) is 0 Å². The Morgan fingerprint density at radius 3 is 2.83 bits per heavy atom. The Bertz CT molecular complexity index is 407. The largest absolute Gasteiger partial charge is 0.310 e. The van der Waals surface area contributed by atoms with E-state index in [0.717, 1.165) is 18.0 Å². The fourth-order valence-electron chi connectivity index (χ4n) is 2.77. The molecule has 0 radical (unpaired) electrons. The van der Waals surface area contributed by atoms with E-state index >= 15 is 0 Å². The van der Waals surface area contributed by atoms with Gasteiger partial charge in [0.25, 0.3) is 0 Å². The average Bonchev–Trinajstić information content (AvgIpc) is 2.35. The third-order valence-electron chi connectivity index (χ3n) is 4.26. The highest BCUT2D eigenvalue weighted by atomic mass is 35.5. The van der Waals surface area contributed by atoms with Gasteiger partial charge in [0.05, 0.1) is 5.02 Å². The van der Waals surface area contributed by atoms with E-state index < -0.39 is 0 Å². The predicted octanol–water partition coefficient (Wildman–Crippen LogP) is 4.39. The molecule has 3 heteroatoms. The van der Waals surface area contributed by atoms with E-state index in [1.807, 2.05) is 0 Å². The summed E-state index contributed by atoms with van der Waals surface area (Å²) in [6.07, 6.45) is 3.87. The smallest absolute Gasteiger partial charge is 0.141 e. The number of hydrogen-bond donors (Lipinski definition) is 1. The molecule has 0 amide bonds. The van der Waals surface area contributed by atoms with Gasteiger partial charge in [-0.1, -0.05) is 44.4 Å². The molecule has 0 heterocycles. The Morgan fingerprint density at radius 2 is 2.11 bits per heavy atom. The van der Waals surface area contributed by atoms with Crippen molar-refractivity contribution in [2.24, 2.45) is 11.8 Å². The highest BCUT2D eigenvalue weighted by Gasteiger charge is 2.26. The first-order valence-electron chi connectivity index (χ1n) is 6.75. The topological polar surface area (TPSA) is 12.0 Å². The van der Waals surface area contributed by atoms with Crippen molar-refractivity contribution in [1.82, 2.24) is 5.32 Å². The van der Waals surface area contributed by atoms with Crippen molar-refractivity contribution >= 4 is 11.6 Å². The summed E-state index contributed by atoms with van der Waals surface area (Å²) in [4.78, 5) is 0. The second kappa shape index (κ2) is 6.03. The third kappa shape index (κ3) is 3.24. The van der Waals surface area contributed by atoms with Crippen LogP contribution in [0.5, 0.6) is 0 Å². The molecular formula is C15H21ClFN. The first kappa shape index (κ1) is 13.8. The van der Waals surface area contributed by atoms with Gasteiger partial charge >= 0.3 is 0 Å². The summed E-state index contributed by atoms with van der Waals surface area (Å²) in [6.45, 7) is 5.41. The van der Waals surface area contributed by atoms with Crippen LogP contribution >= 0.6 is 11.6 Å². The fourth-order valence-corrected chi connectivity index (χ4v) is 2.97. The molecule has 1 aliphatic rings. The lowest BCUT2D eigenvalue weighted by molar-refractivity contribution is 0.206. The molecule has 0 aliphatic heterocycles. The van der Waals surface area contributed by atoms with E-state index in [9.17, 15) is 4.39 Å². The first-order valence-corrected chi connectivity index (χ1v) is 7.13. The lowest BCUT2D eigenvalue weighted by Crippen LogP contribution is -2.40. The molecule has 1 nitrogen and oxygen atoms in total. The van der Waals surface area contributed by atoms with Crippen LogP contribution in [0.15, 0.2) is 18.2 Å². The lowest BCUT2D eigenvalue weighted by Gasteiger charge is -2.34. The molecule has 0 spiro atoms. The van der Waals surface area contributed by atoms with Crippen molar-refractivity contribution in [2.45, 2.75) is 45.7 Å². The zero-order valence-corrected chi connectivity index (χ0v) is 11.8. The molecule has 1 aliphatic carbocycles. The first-order chi connectivity index (χ1) is 8.58. The summed E-state index contributed by atoms with van der Waals surface area (Å²) >= 11 is 5.78. The van der Waals surface area contributed by atoms with Crippen molar-refractivity contribution in [2.75, 3.05) is 0 Å². The quantitative estimate of drug-likeness (QED) is 0.858. The zero-order valence-electron chi connectivity index (χ0n) is 11.0. The standard InChI is InChI=1S/C15H21ClFN/c1-10-4-3-5-15(11(10)2)18-9-12-6-7-14(17)13(16)8-12/h6-8,10-11,15,18H,3-5,9H2,1-2H3. The number of nitrogens with one attached hydrogen (secondary N) is 1. The van der Waals surface area contributed by atoms with Crippen LogP contribution in [0, 0.1) is 17.7 Å². The van der Waals surface area contributed by atoms with Gasteiger partial charge in [0, 0.05) is 12.6 Å². The maximum absolute atomic E-state index is 13.1. The summed E-state index contributed by atoms with van der Waals surface area (Å²) in [5, 5.41) is 3.79. The molecule has 0 bridgehead atoms. The van der Waals surface area contributed by atoms with Gasteiger partial charge in [0.1, 0.15) is 5.82 Å². The highest BCUT2D eigenvalue weighted by Crippen LogP contribution is 2.29. The molecule has 1 fully saturated rings. The fraction of sp³-hybridized carbons (Fsp3) is 0.600. The van der Waals surface area contributed by atoms with Gasteiger partial charge in [-0.05, 0) is 36.0 Å². The Kier molecular flexibility index (Phi) is 4.63. The van der Waals surface area contributed by atoms with Crippen molar-refractivity contribution in [3.8, 4) is 0 Å². The molecule has 1 N–H and O–H groups in total. The molecule has 1 saturated carbocycles. The van der Waals surface area contributed by atoms with Crippen LogP contribution < -0.4 is 5.32 Å². The van der Waals surface area contributed by atoms with Gasteiger partial charge in [-0.3, -0.25) is 0 Å². The van der Waals surface area contributed by atoms with E-state index in [-0.39, 0.29) is 10.8 Å². The zero-order chi connectivity index (χ0) is 13.1. The Balaban J connectivity index is 1.92. The van der Waals surface area contributed by atoms with Crippen LogP contribution in [0.2, 0.25) is 5.02 Å². The molecule has 100 valence electrons. The normalized spacial score (nSPS) is 28.3. The maximum Gasteiger partial charge on any atom is 0.141 e. The van der Waals surface area contributed by atoms with Gasteiger partial charge < -0.3 is 5.32 Å². The lowest BCUT2D eigenvalue weighted by atomic mass is 9.78. The second-order valence-corrected chi connectivity index (χ2v) is 5.91. The number of benzene rings is 1. The van der Waals surface area contributed by atoms with E-state index in [1.165, 1.54) is 25.3 Å². The van der Waals surface area contributed by atoms with E-state index in [0.29, 0.717) is 12.0 Å². The van der Waals surface area contributed by atoms with Crippen LogP contribution in [0.25, 0.3) is 0 Å².